The summed E-state index contributed by atoms with van der Waals surface area (Å²) in [5.74, 6) is -4.60. The second-order valence-corrected chi connectivity index (χ2v) is 7.95. The highest BCUT2D eigenvalue weighted by atomic mass is 19.2. The van der Waals surface area contributed by atoms with Gasteiger partial charge in [0.2, 0.25) is 6.79 Å². The van der Waals surface area contributed by atoms with E-state index in [0.717, 1.165) is 0 Å². The Balaban J connectivity index is 1.58. The summed E-state index contributed by atoms with van der Waals surface area (Å²) >= 11 is 0. The van der Waals surface area contributed by atoms with Gasteiger partial charge in [0.25, 0.3) is 11.8 Å². The summed E-state index contributed by atoms with van der Waals surface area (Å²) in [6.07, 6.45) is 0. The van der Waals surface area contributed by atoms with E-state index in [1.54, 1.807) is 47.4 Å². The van der Waals surface area contributed by atoms with Crippen LogP contribution < -0.4 is 9.47 Å². The Hall–Kier alpha value is -4.01. The summed E-state index contributed by atoms with van der Waals surface area (Å²) < 4.78 is 52.3. The molecule has 0 aliphatic carbocycles. The van der Waals surface area contributed by atoms with Gasteiger partial charge < -0.3 is 19.3 Å². The summed E-state index contributed by atoms with van der Waals surface area (Å²) in [7, 11) is 0. The second kappa shape index (κ2) is 6.74. The van der Waals surface area contributed by atoms with E-state index in [0.29, 0.717) is 40.3 Å². The van der Waals surface area contributed by atoms with Gasteiger partial charge in [-0.1, -0.05) is 24.3 Å². The van der Waals surface area contributed by atoms with Crippen LogP contribution >= 0.6 is 0 Å². The topological polar surface area (TPSA) is 59.1 Å². The SMILES string of the molecule is O=C(c1cc(F)c(F)c(F)c1)N1CCN2C(=O)c3ccccc3C12c1ccc2c(c1)OCO2. The standard InChI is InChI=1S/C24H15F3N2O4/c25-17-9-13(10-18(26)21(17)27)22(30)28-7-8-29-23(31)15-3-1-2-4-16(15)24(28,29)14-5-6-19-20(11-14)33-12-32-19/h1-6,9-11H,7-8,12H2. The smallest absolute Gasteiger partial charge is 0.256 e. The van der Waals surface area contributed by atoms with E-state index in [1.807, 2.05) is 0 Å². The normalized spacial score (nSPS) is 20.3. The van der Waals surface area contributed by atoms with Crippen LogP contribution in [0, 0.1) is 17.5 Å². The van der Waals surface area contributed by atoms with Gasteiger partial charge in [-0.05, 0) is 30.3 Å². The maximum Gasteiger partial charge on any atom is 0.256 e. The van der Waals surface area contributed by atoms with Gasteiger partial charge in [-0.15, -0.1) is 0 Å². The fourth-order valence-corrected chi connectivity index (χ4v) is 4.99. The molecule has 3 aromatic carbocycles. The number of benzene rings is 3. The minimum absolute atomic E-state index is 0.0434. The maximum absolute atomic E-state index is 13.9. The molecule has 33 heavy (non-hydrogen) atoms. The number of ether oxygens (including phenoxy) is 2. The van der Waals surface area contributed by atoms with Crippen LogP contribution in [0.3, 0.4) is 0 Å². The number of hydrogen-bond donors (Lipinski definition) is 0. The fourth-order valence-electron chi connectivity index (χ4n) is 4.99. The first-order valence-corrected chi connectivity index (χ1v) is 10.2. The second-order valence-electron chi connectivity index (χ2n) is 7.95. The van der Waals surface area contributed by atoms with E-state index < -0.39 is 29.0 Å². The summed E-state index contributed by atoms with van der Waals surface area (Å²) in [4.78, 5) is 29.9. The van der Waals surface area contributed by atoms with E-state index in [-0.39, 0.29) is 31.4 Å². The number of hydrogen-bond acceptors (Lipinski definition) is 4. The average molecular weight is 452 g/mol. The van der Waals surface area contributed by atoms with Crippen LogP contribution in [-0.4, -0.2) is 41.5 Å². The van der Waals surface area contributed by atoms with Crippen molar-refractivity contribution in [1.82, 2.24) is 9.80 Å². The molecule has 0 saturated carbocycles. The molecule has 3 aromatic rings. The Morgan fingerprint density at radius 3 is 2.42 bits per heavy atom. The van der Waals surface area contributed by atoms with E-state index >= 15 is 0 Å². The summed E-state index contributed by atoms with van der Waals surface area (Å²) in [5, 5.41) is 0. The number of amides is 2. The Bertz CT molecular complexity index is 1340. The predicted molar refractivity (Wildman–Crippen MR) is 108 cm³/mol. The first kappa shape index (κ1) is 19.7. The molecule has 3 heterocycles. The van der Waals surface area contributed by atoms with Gasteiger partial charge in [0.1, 0.15) is 0 Å². The van der Waals surface area contributed by atoms with Gasteiger partial charge in [-0.3, -0.25) is 9.59 Å². The molecule has 3 aliphatic heterocycles. The average Bonchev–Trinajstić information content (AvgIpc) is 3.51. The molecule has 2 amide bonds. The minimum atomic E-state index is -1.65. The van der Waals surface area contributed by atoms with Gasteiger partial charge in [-0.25, -0.2) is 13.2 Å². The van der Waals surface area contributed by atoms with E-state index in [2.05, 4.69) is 0 Å². The zero-order chi connectivity index (χ0) is 22.9. The highest BCUT2D eigenvalue weighted by molar-refractivity contribution is 6.03. The molecule has 3 aliphatic rings. The van der Waals surface area contributed by atoms with Crippen LogP contribution in [0.5, 0.6) is 11.5 Å². The van der Waals surface area contributed by atoms with Crippen LogP contribution in [0.25, 0.3) is 0 Å². The van der Waals surface area contributed by atoms with Crippen LogP contribution in [0.4, 0.5) is 13.2 Å². The Labute approximate surface area is 185 Å². The molecule has 0 bridgehead atoms. The fraction of sp³-hybridized carbons (Fsp3) is 0.167. The largest absolute Gasteiger partial charge is 0.454 e. The van der Waals surface area contributed by atoms with Crippen molar-refractivity contribution in [3.05, 3.63) is 94.3 Å². The molecule has 9 heteroatoms. The van der Waals surface area contributed by atoms with Crippen LogP contribution in [-0.2, 0) is 5.66 Å². The molecule has 1 saturated heterocycles. The van der Waals surface area contributed by atoms with E-state index in [1.165, 1.54) is 4.90 Å². The van der Waals surface area contributed by atoms with Gasteiger partial charge >= 0.3 is 0 Å². The third-order valence-corrected chi connectivity index (χ3v) is 6.36. The van der Waals surface area contributed by atoms with Gasteiger partial charge in [0, 0.05) is 35.3 Å². The molecule has 1 fully saturated rings. The molecule has 6 nitrogen and oxygen atoms in total. The zero-order valence-electron chi connectivity index (χ0n) is 17.0. The summed E-state index contributed by atoms with van der Waals surface area (Å²) in [5.41, 5.74) is -0.191. The third kappa shape index (κ3) is 2.50. The van der Waals surface area contributed by atoms with Crippen molar-refractivity contribution >= 4 is 11.8 Å². The number of nitrogens with zero attached hydrogens (tertiary/aromatic N) is 2. The summed E-state index contributed by atoms with van der Waals surface area (Å²) in [6.45, 7) is 0.343. The maximum atomic E-state index is 13.9. The summed E-state index contributed by atoms with van der Waals surface area (Å²) in [6, 6.07) is 13.3. The molecular formula is C24H15F3N2O4. The van der Waals surface area contributed by atoms with Crippen LogP contribution in [0.2, 0.25) is 0 Å². The molecule has 6 rings (SSSR count). The molecule has 0 spiro atoms. The van der Waals surface area contributed by atoms with Gasteiger partial charge in [-0.2, -0.15) is 0 Å². The van der Waals surface area contributed by atoms with Gasteiger partial charge in [0.05, 0.1) is 0 Å². The van der Waals surface area contributed by atoms with Crippen molar-refractivity contribution in [3.63, 3.8) is 0 Å². The van der Waals surface area contributed by atoms with Crippen LogP contribution in [0.15, 0.2) is 54.6 Å². The zero-order valence-corrected chi connectivity index (χ0v) is 17.0. The molecule has 1 atom stereocenters. The Kier molecular flexibility index (Phi) is 4.02. The first-order chi connectivity index (χ1) is 15.9. The lowest BCUT2D eigenvalue weighted by atomic mass is 9.89. The quantitative estimate of drug-likeness (QED) is 0.557. The third-order valence-electron chi connectivity index (χ3n) is 6.36. The number of fused-ring (bicyclic) bond motifs is 4. The molecule has 0 radical (unpaired) electrons. The monoisotopic (exact) mass is 452 g/mol. The van der Waals surface area contributed by atoms with Crippen molar-refractivity contribution < 1.29 is 32.2 Å². The molecule has 0 N–H and O–H groups in total. The van der Waals surface area contributed by atoms with Crippen molar-refractivity contribution in [1.29, 1.82) is 0 Å². The highest BCUT2D eigenvalue weighted by Crippen LogP contribution is 2.51. The highest BCUT2D eigenvalue weighted by Gasteiger charge is 2.60. The molecule has 0 aromatic heterocycles. The predicted octanol–water partition coefficient (Wildman–Crippen LogP) is 3.65. The van der Waals surface area contributed by atoms with Crippen molar-refractivity contribution in [2.75, 3.05) is 19.9 Å². The van der Waals surface area contributed by atoms with Crippen molar-refractivity contribution in [3.8, 4) is 11.5 Å². The number of rotatable bonds is 2. The number of carbonyl (C=O) groups excluding carboxylic acids is 2. The first-order valence-electron chi connectivity index (χ1n) is 10.2. The number of halogens is 3. The Morgan fingerprint density at radius 2 is 1.64 bits per heavy atom. The van der Waals surface area contributed by atoms with Crippen molar-refractivity contribution in [2.45, 2.75) is 5.66 Å². The van der Waals surface area contributed by atoms with E-state index in [9.17, 15) is 22.8 Å². The van der Waals surface area contributed by atoms with E-state index in [4.69, 9.17) is 9.47 Å². The number of carbonyl (C=O) groups is 2. The van der Waals surface area contributed by atoms with Crippen molar-refractivity contribution in [2.24, 2.45) is 0 Å². The lowest BCUT2D eigenvalue weighted by Crippen LogP contribution is -2.51. The van der Waals surface area contributed by atoms with Crippen LogP contribution in [0.1, 0.15) is 31.8 Å². The minimum Gasteiger partial charge on any atom is -0.454 e. The Morgan fingerprint density at radius 1 is 0.909 bits per heavy atom. The molecule has 1 unspecified atom stereocenters. The lowest BCUT2D eigenvalue weighted by Gasteiger charge is -2.40. The molecular weight excluding hydrogens is 437 g/mol. The van der Waals surface area contributed by atoms with Gasteiger partial charge in [0.15, 0.2) is 34.6 Å². The lowest BCUT2D eigenvalue weighted by molar-refractivity contribution is 0.0373. The molecule has 166 valence electrons.